The Bertz CT molecular complexity index is 370. The first-order valence-corrected chi connectivity index (χ1v) is 5.31. The fourth-order valence-electron chi connectivity index (χ4n) is 1.35. The maximum atomic E-state index is 4.50. The van der Waals surface area contributed by atoms with E-state index < -0.39 is 0 Å². The van der Waals surface area contributed by atoms with Crippen molar-refractivity contribution in [1.29, 1.82) is 0 Å². The number of allylic oxidation sites excluding steroid dienone is 4. The molecule has 0 saturated heterocycles. The Morgan fingerprint density at radius 1 is 0.812 bits per heavy atom. The molecule has 0 amide bonds. The minimum Gasteiger partial charge on any atom is -0.333 e. The van der Waals surface area contributed by atoms with Gasteiger partial charge in [0.15, 0.2) is 0 Å². The van der Waals surface area contributed by atoms with Crippen LogP contribution in [0.25, 0.3) is 0 Å². The molecule has 0 aromatic heterocycles. The van der Waals surface area contributed by atoms with E-state index in [9.17, 15) is 0 Å². The highest BCUT2D eigenvalue weighted by Crippen LogP contribution is 2.16. The van der Waals surface area contributed by atoms with Crippen molar-refractivity contribution in [3.05, 3.63) is 66.5 Å². The van der Waals surface area contributed by atoms with Crippen LogP contribution in [0.5, 0.6) is 0 Å². The third-order valence-electron chi connectivity index (χ3n) is 2.16. The molecule has 16 heavy (non-hydrogen) atoms. The first kappa shape index (κ1) is 12.3. The van der Waals surface area contributed by atoms with Crippen LogP contribution in [-0.2, 0) is 0 Å². The second-order valence-electron chi connectivity index (χ2n) is 3.31. The predicted octanol–water partition coefficient (Wildman–Crippen LogP) is 2.97. The van der Waals surface area contributed by atoms with E-state index in [0.29, 0.717) is 0 Å². The minimum atomic E-state index is 1.19. The Hall–Kier alpha value is -1.80. The van der Waals surface area contributed by atoms with Crippen molar-refractivity contribution >= 4 is 5.69 Å². The number of hydrogen-bond donors (Lipinski definition) is 1. The van der Waals surface area contributed by atoms with Crippen LogP contribution in [0.2, 0.25) is 0 Å². The average molecular weight is 214 g/mol. The standard InChI is InChI=1S/C13H13N.CH5N/c1-12-6-8-13(9-7-12)14-10-4-2-3-5-11-14;1-2/h2-11H,1H3;2H2,1H3. The van der Waals surface area contributed by atoms with Gasteiger partial charge in [0.25, 0.3) is 0 Å². The largest absolute Gasteiger partial charge is 0.333 e. The summed E-state index contributed by atoms with van der Waals surface area (Å²) in [6.07, 6.45) is 12.2. The topological polar surface area (TPSA) is 29.3 Å². The molecule has 1 aliphatic rings. The zero-order valence-corrected chi connectivity index (χ0v) is 9.80. The summed E-state index contributed by atoms with van der Waals surface area (Å²) >= 11 is 0. The van der Waals surface area contributed by atoms with Crippen LogP contribution < -0.4 is 10.6 Å². The average Bonchev–Trinajstić information content (AvgIpc) is 2.61. The molecule has 0 saturated carbocycles. The highest BCUT2D eigenvalue weighted by atomic mass is 15.1. The van der Waals surface area contributed by atoms with Crippen LogP contribution in [0.1, 0.15) is 5.56 Å². The summed E-state index contributed by atoms with van der Waals surface area (Å²) in [6, 6.07) is 8.48. The van der Waals surface area contributed by atoms with E-state index in [-0.39, 0.29) is 0 Å². The van der Waals surface area contributed by atoms with Gasteiger partial charge in [-0.3, -0.25) is 0 Å². The summed E-state index contributed by atoms with van der Waals surface area (Å²) in [5.74, 6) is 0. The fraction of sp³-hybridized carbons (Fsp3) is 0.143. The van der Waals surface area contributed by atoms with Gasteiger partial charge < -0.3 is 10.6 Å². The van der Waals surface area contributed by atoms with E-state index in [1.807, 2.05) is 36.7 Å². The summed E-state index contributed by atoms with van der Waals surface area (Å²) in [7, 11) is 1.50. The molecule has 2 nitrogen and oxygen atoms in total. The predicted molar refractivity (Wildman–Crippen MR) is 71.2 cm³/mol. The fourth-order valence-corrected chi connectivity index (χ4v) is 1.35. The molecule has 1 aromatic carbocycles. The Kier molecular flexibility index (Phi) is 5.09. The van der Waals surface area contributed by atoms with Crippen LogP contribution in [0.4, 0.5) is 5.69 Å². The molecule has 2 N–H and O–H groups in total. The maximum absolute atomic E-state index is 4.50. The number of benzene rings is 1. The molecule has 1 heterocycles. The minimum absolute atomic E-state index is 1.19. The van der Waals surface area contributed by atoms with E-state index in [1.54, 1.807) is 0 Å². The van der Waals surface area contributed by atoms with Gasteiger partial charge in [-0.25, -0.2) is 0 Å². The Morgan fingerprint density at radius 2 is 1.31 bits per heavy atom. The lowest BCUT2D eigenvalue weighted by Crippen LogP contribution is -2.05. The van der Waals surface area contributed by atoms with Crippen molar-refractivity contribution in [3.8, 4) is 0 Å². The normalized spacial score (nSPS) is 13.1. The number of nitrogens with two attached hydrogens (primary N) is 1. The van der Waals surface area contributed by atoms with E-state index in [2.05, 4.69) is 41.8 Å². The van der Waals surface area contributed by atoms with Crippen LogP contribution in [0, 0.1) is 6.92 Å². The number of hydrogen-bond acceptors (Lipinski definition) is 2. The molecule has 2 rings (SSSR count). The summed E-state index contributed by atoms with van der Waals surface area (Å²) < 4.78 is 0. The molecule has 1 aliphatic heterocycles. The van der Waals surface area contributed by atoms with Crippen molar-refractivity contribution in [2.24, 2.45) is 5.73 Å². The third kappa shape index (κ3) is 3.41. The van der Waals surface area contributed by atoms with Gasteiger partial charge in [0.1, 0.15) is 0 Å². The smallest absolute Gasteiger partial charge is 0.0449 e. The van der Waals surface area contributed by atoms with Crippen molar-refractivity contribution in [2.45, 2.75) is 6.92 Å². The second kappa shape index (κ2) is 6.64. The molecule has 0 spiro atoms. The quantitative estimate of drug-likeness (QED) is 0.778. The molecule has 0 fully saturated rings. The Morgan fingerprint density at radius 3 is 1.81 bits per heavy atom. The van der Waals surface area contributed by atoms with Crippen LogP contribution >= 0.6 is 0 Å². The van der Waals surface area contributed by atoms with Gasteiger partial charge in [0, 0.05) is 18.1 Å². The highest BCUT2D eigenvalue weighted by Gasteiger charge is 1.98. The van der Waals surface area contributed by atoms with Crippen LogP contribution in [0.3, 0.4) is 0 Å². The maximum Gasteiger partial charge on any atom is 0.0449 e. The SMILES string of the molecule is CN.Cc1ccc(N2C=CC=CC=C2)cc1. The zero-order chi connectivity index (χ0) is 11.8. The van der Waals surface area contributed by atoms with Crippen molar-refractivity contribution in [1.82, 2.24) is 0 Å². The molecule has 0 radical (unpaired) electrons. The monoisotopic (exact) mass is 214 g/mol. The summed E-state index contributed by atoms with van der Waals surface area (Å²) in [4.78, 5) is 2.10. The third-order valence-corrected chi connectivity index (χ3v) is 2.16. The number of rotatable bonds is 1. The second-order valence-corrected chi connectivity index (χ2v) is 3.31. The van der Waals surface area contributed by atoms with Gasteiger partial charge in [-0.05, 0) is 38.3 Å². The molecule has 84 valence electrons. The summed E-state index contributed by atoms with van der Waals surface area (Å²) in [5, 5.41) is 0. The van der Waals surface area contributed by atoms with E-state index in [4.69, 9.17) is 0 Å². The highest BCUT2D eigenvalue weighted by molar-refractivity contribution is 5.54. The van der Waals surface area contributed by atoms with E-state index in [1.165, 1.54) is 18.3 Å². The number of anilines is 1. The number of nitrogens with zero attached hydrogens (tertiary/aromatic N) is 1. The summed E-state index contributed by atoms with van der Waals surface area (Å²) in [5.41, 5.74) is 6.97. The van der Waals surface area contributed by atoms with Gasteiger partial charge in [0.05, 0.1) is 0 Å². The molecule has 0 bridgehead atoms. The van der Waals surface area contributed by atoms with E-state index >= 15 is 0 Å². The Balaban J connectivity index is 0.000000606. The lowest BCUT2D eigenvalue weighted by molar-refractivity contribution is 1.28. The number of aryl methyl sites for hydroxylation is 1. The van der Waals surface area contributed by atoms with Gasteiger partial charge in [-0.1, -0.05) is 29.8 Å². The molecule has 0 aliphatic carbocycles. The molecular weight excluding hydrogens is 196 g/mol. The molecule has 2 heteroatoms. The van der Waals surface area contributed by atoms with Crippen LogP contribution in [-0.4, -0.2) is 7.05 Å². The lowest BCUT2D eigenvalue weighted by atomic mass is 10.2. The zero-order valence-electron chi connectivity index (χ0n) is 9.80. The molecular formula is C14H18N2. The summed E-state index contributed by atoms with van der Waals surface area (Å²) in [6.45, 7) is 2.10. The van der Waals surface area contributed by atoms with E-state index in [0.717, 1.165) is 0 Å². The van der Waals surface area contributed by atoms with Gasteiger partial charge in [-0.15, -0.1) is 0 Å². The van der Waals surface area contributed by atoms with Crippen molar-refractivity contribution in [3.63, 3.8) is 0 Å². The first-order chi connectivity index (χ1) is 7.86. The molecule has 0 atom stereocenters. The molecule has 0 unspecified atom stereocenters. The first-order valence-electron chi connectivity index (χ1n) is 5.31. The van der Waals surface area contributed by atoms with Crippen molar-refractivity contribution in [2.75, 3.05) is 11.9 Å². The van der Waals surface area contributed by atoms with Crippen molar-refractivity contribution < 1.29 is 0 Å². The van der Waals surface area contributed by atoms with Crippen LogP contribution in [0.15, 0.2) is 61.0 Å². The Labute approximate surface area is 97.4 Å². The molecule has 1 aromatic rings. The van der Waals surface area contributed by atoms with Gasteiger partial charge in [0.2, 0.25) is 0 Å². The lowest BCUT2D eigenvalue weighted by Gasteiger charge is -2.14. The van der Waals surface area contributed by atoms with Gasteiger partial charge in [-0.2, -0.15) is 0 Å². The van der Waals surface area contributed by atoms with Gasteiger partial charge >= 0.3 is 0 Å².